The Kier molecular flexibility index (Phi) is 3.84. The number of hydrogen-bond donors (Lipinski definition) is 0. The molecular formula is C14H11N3O2. The van der Waals surface area contributed by atoms with E-state index in [-0.39, 0.29) is 12.3 Å². The zero-order chi connectivity index (χ0) is 13.7. The van der Waals surface area contributed by atoms with E-state index in [1.807, 2.05) is 6.07 Å². The highest BCUT2D eigenvalue weighted by Crippen LogP contribution is 2.17. The zero-order valence-corrected chi connectivity index (χ0v) is 10.3. The lowest BCUT2D eigenvalue weighted by molar-refractivity contribution is 0.111. The summed E-state index contributed by atoms with van der Waals surface area (Å²) in [7, 11) is 0. The Morgan fingerprint density at radius 3 is 3.00 bits per heavy atom. The lowest BCUT2D eigenvalue weighted by Gasteiger charge is -2.08. The molecule has 2 aromatic rings. The molecule has 0 radical (unpaired) electrons. The number of hydrogen-bond acceptors (Lipinski definition) is 5. The number of aldehydes is 1. The summed E-state index contributed by atoms with van der Waals surface area (Å²) < 4.78 is 5.53. The standard InChI is InChI=1S/C14H11N3O2/c1-10-4-5-14(13(8-18)17-10)19-9-11-3-2-6-16-12(11)7-15/h2-6,8H,9H2,1H3. The Morgan fingerprint density at radius 2 is 2.26 bits per heavy atom. The van der Waals surface area contributed by atoms with E-state index in [0.717, 1.165) is 5.69 Å². The number of carbonyl (C=O) groups is 1. The molecule has 2 aromatic heterocycles. The molecule has 5 heteroatoms. The maximum atomic E-state index is 10.9. The van der Waals surface area contributed by atoms with E-state index < -0.39 is 0 Å². The van der Waals surface area contributed by atoms with E-state index in [1.165, 1.54) is 0 Å². The van der Waals surface area contributed by atoms with Crippen LogP contribution in [0, 0.1) is 18.3 Å². The summed E-state index contributed by atoms with van der Waals surface area (Å²) in [5.74, 6) is 0.397. The highest BCUT2D eigenvalue weighted by molar-refractivity contribution is 5.76. The third-order valence-electron chi connectivity index (χ3n) is 2.52. The summed E-state index contributed by atoms with van der Waals surface area (Å²) in [5.41, 5.74) is 1.98. The number of ether oxygens (including phenoxy) is 1. The Balaban J connectivity index is 2.19. The van der Waals surface area contributed by atoms with Crippen molar-refractivity contribution in [2.75, 3.05) is 0 Å². The molecule has 0 saturated heterocycles. The van der Waals surface area contributed by atoms with Crippen molar-refractivity contribution >= 4 is 6.29 Å². The molecule has 5 nitrogen and oxygen atoms in total. The van der Waals surface area contributed by atoms with Crippen LogP contribution in [0.2, 0.25) is 0 Å². The van der Waals surface area contributed by atoms with Gasteiger partial charge in [-0.3, -0.25) is 4.79 Å². The van der Waals surface area contributed by atoms with Crippen molar-refractivity contribution in [3.05, 3.63) is 53.1 Å². The summed E-state index contributed by atoms with van der Waals surface area (Å²) in [6.07, 6.45) is 2.20. The topological polar surface area (TPSA) is 75.9 Å². The van der Waals surface area contributed by atoms with Crippen molar-refractivity contribution in [2.45, 2.75) is 13.5 Å². The molecule has 0 aliphatic carbocycles. The van der Waals surface area contributed by atoms with Gasteiger partial charge in [0.1, 0.15) is 29.8 Å². The third kappa shape index (κ3) is 2.93. The van der Waals surface area contributed by atoms with Crippen molar-refractivity contribution in [1.29, 1.82) is 5.26 Å². The van der Waals surface area contributed by atoms with Gasteiger partial charge in [-0.05, 0) is 25.1 Å². The molecule has 0 aromatic carbocycles. The Labute approximate surface area is 110 Å². The quantitative estimate of drug-likeness (QED) is 0.779. The van der Waals surface area contributed by atoms with E-state index in [4.69, 9.17) is 10.00 Å². The van der Waals surface area contributed by atoms with Crippen LogP contribution in [-0.2, 0) is 6.61 Å². The molecule has 0 atom stereocenters. The molecule has 0 amide bonds. The second-order valence-electron chi connectivity index (χ2n) is 3.87. The third-order valence-corrected chi connectivity index (χ3v) is 2.52. The number of rotatable bonds is 4. The van der Waals surface area contributed by atoms with Crippen LogP contribution in [0.3, 0.4) is 0 Å². The van der Waals surface area contributed by atoms with Crippen LogP contribution in [0.25, 0.3) is 0 Å². The van der Waals surface area contributed by atoms with Crippen LogP contribution in [-0.4, -0.2) is 16.3 Å². The highest BCUT2D eigenvalue weighted by atomic mass is 16.5. The molecule has 0 N–H and O–H groups in total. The molecule has 0 aliphatic heterocycles. The fourth-order valence-electron chi connectivity index (χ4n) is 1.58. The smallest absolute Gasteiger partial charge is 0.172 e. The van der Waals surface area contributed by atoms with Crippen LogP contribution < -0.4 is 4.74 Å². The minimum Gasteiger partial charge on any atom is -0.486 e. The Morgan fingerprint density at radius 1 is 1.42 bits per heavy atom. The van der Waals surface area contributed by atoms with E-state index in [9.17, 15) is 4.79 Å². The first-order valence-corrected chi connectivity index (χ1v) is 5.64. The van der Waals surface area contributed by atoms with Crippen molar-refractivity contribution in [2.24, 2.45) is 0 Å². The number of aromatic nitrogens is 2. The van der Waals surface area contributed by atoms with Crippen LogP contribution in [0.15, 0.2) is 30.5 Å². The molecule has 94 valence electrons. The predicted octanol–water partition coefficient (Wildman–Crippen LogP) is 2.05. The molecular weight excluding hydrogens is 242 g/mol. The average molecular weight is 253 g/mol. The van der Waals surface area contributed by atoms with Gasteiger partial charge in [-0.15, -0.1) is 0 Å². The first-order chi connectivity index (χ1) is 9.24. The molecule has 0 saturated carbocycles. The molecule has 0 bridgehead atoms. The van der Waals surface area contributed by atoms with Gasteiger partial charge in [-0.2, -0.15) is 5.26 Å². The fourth-order valence-corrected chi connectivity index (χ4v) is 1.58. The van der Waals surface area contributed by atoms with Crippen molar-refractivity contribution in [1.82, 2.24) is 9.97 Å². The van der Waals surface area contributed by atoms with Gasteiger partial charge in [-0.1, -0.05) is 6.07 Å². The normalized spacial score (nSPS) is 9.68. The summed E-state index contributed by atoms with van der Waals surface area (Å²) in [6, 6.07) is 8.93. The lowest BCUT2D eigenvalue weighted by atomic mass is 10.2. The fraction of sp³-hybridized carbons (Fsp3) is 0.143. The molecule has 0 fully saturated rings. The number of nitrogens with zero attached hydrogens (tertiary/aromatic N) is 3. The van der Waals surface area contributed by atoms with Gasteiger partial charge in [0.05, 0.1) is 0 Å². The highest BCUT2D eigenvalue weighted by Gasteiger charge is 2.07. The van der Waals surface area contributed by atoms with Crippen molar-refractivity contribution < 1.29 is 9.53 Å². The van der Waals surface area contributed by atoms with E-state index in [1.54, 1.807) is 37.4 Å². The van der Waals surface area contributed by atoms with Gasteiger partial charge in [0.25, 0.3) is 0 Å². The van der Waals surface area contributed by atoms with Gasteiger partial charge >= 0.3 is 0 Å². The minimum atomic E-state index is 0.169. The summed E-state index contributed by atoms with van der Waals surface area (Å²) in [6.45, 7) is 1.97. The Hall–Kier alpha value is -2.74. The van der Waals surface area contributed by atoms with E-state index >= 15 is 0 Å². The number of aryl methyl sites for hydroxylation is 1. The maximum Gasteiger partial charge on any atom is 0.172 e. The van der Waals surface area contributed by atoms with Crippen LogP contribution in [0.5, 0.6) is 5.75 Å². The maximum absolute atomic E-state index is 10.9. The molecule has 2 rings (SSSR count). The molecule has 2 heterocycles. The lowest BCUT2D eigenvalue weighted by Crippen LogP contribution is -2.03. The summed E-state index contributed by atoms with van der Waals surface area (Å²) >= 11 is 0. The zero-order valence-electron chi connectivity index (χ0n) is 10.3. The predicted molar refractivity (Wildman–Crippen MR) is 67.6 cm³/mol. The number of nitriles is 1. The van der Waals surface area contributed by atoms with Gasteiger partial charge in [0.2, 0.25) is 0 Å². The van der Waals surface area contributed by atoms with Crippen molar-refractivity contribution in [3.8, 4) is 11.8 Å². The van der Waals surface area contributed by atoms with Crippen LogP contribution >= 0.6 is 0 Å². The molecule has 0 unspecified atom stereocenters. The van der Waals surface area contributed by atoms with Gasteiger partial charge in [-0.25, -0.2) is 9.97 Å². The summed E-state index contributed by atoms with van der Waals surface area (Å²) in [5, 5.41) is 8.92. The van der Waals surface area contributed by atoms with Gasteiger partial charge in [0.15, 0.2) is 6.29 Å². The van der Waals surface area contributed by atoms with Gasteiger partial charge < -0.3 is 4.74 Å². The monoisotopic (exact) mass is 253 g/mol. The molecule has 0 spiro atoms. The van der Waals surface area contributed by atoms with Crippen LogP contribution in [0.1, 0.15) is 27.4 Å². The second-order valence-corrected chi connectivity index (χ2v) is 3.87. The summed E-state index contributed by atoms with van der Waals surface area (Å²) in [4.78, 5) is 18.9. The number of pyridine rings is 2. The second kappa shape index (κ2) is 5.74. The van der Waals surface area contributed by atoms with E-state index in [0.29, 0.717) is 23.3 Å². The molecule has 19 heavy (non-hydrogen) atoms. The van der Waals surface area contributed by atoms with Gasteiger partial charge in [0, 0.05) is 17.5 Å². The van der Waals surface area contributed by atoms with Crippen LogP contribution in [0.4, 0.5) is 0 Å². The van der Waals surface area contributed by atoms with Crippen molar-refractivity contribution in [3.63, 3.8) is 0 Å². The Bertz CT molecular complexity index is 647. The minimum absolute atomic E-state index is 0.169. The molecule has 0 aliphatic rings. The average Bonchev–Trinajstić information content (AvgIpc) is 2.46. The first kappa shape index (κ1) is 12.7. The van der Waals surface area contributed by atoms with E-state index in [2.05, 4.69) is 9.97 Å². The largest absolute Gasteiger partial charge is 0.486 e. The SMILES string of the molecule is Cc1ccc(OCc2cccnc2C#N)c(C=O)n1. The number of carbonyl (C=O) groups excluding carboxylic acids is 1. The first-order valence-electron chi connectivity index (χ1n) is 5.64.